The Morgan fingerprint density at radius 2 is 1.86 bits per heavy atom. The van der Waals surface area contributed by atoms with Gasteiger partial charge in [0.15, 0.2) is 0 Å². The van der Waals surface area contributed by atoms with Gasteiger partial charge in [0.05, 0.1) is 9.26 Å². The van der Waals surface area contributed by atoms with Gasteiger partial charge in [0.2, 0.25) is 0 Å². The summed E-state index contributed by atoms with van der Waals surface area (Å²) in [6.07, 6.45) is 5.50. The summed E-state index contributed by atoms with van der Waals surface area (Å²) in [7, 11) is 0. The molecule has 1 heterocycles. The molecule has 4 heteroatoms. The van der Waals surface area contributed by atoms with Crippen LogP contribution in [-0.2, 0) is 12.8 Å². The molecule has 0 saturated heterocycles. The molecule has 0 amide bonds. The number of hydrogen-bond donors (Lipinski definition) is 1. The first kappa shape index (κ1) is 13.5. The molecule has 108 valence electrons. The van der Waals surface area contributed by atoms with Gasteiger partial charge in [0.1, 0.15) is 5.82 Å². The molecule has 0 aliphatic heterocycles. The number of fused-ring (bicyclic) bond motifs is 1. The maximum Gasteiger partial charge on any atom is 0.264 e. The minimum atomic E-state index is 0.0429. The molecule has 1 aromatic carbocycles. The van der Waals surface area contributed by atoms with E-state index in [1.54, 1.807) is 0 Å². The van der Waals surface area contributed by atoms with E-state index in [1.165, 1.54) is 24.0 Å². The molecule has 1 saturated carbocycles. The Bertz CT molecular complexity index is 749. The minimum Gasteiger partial charge on any atom is -0.309 e. The quantitative estimate of drug-likeness (QED) is 0.795. The average Bonchev–Trinajstić information content (AvgIpc) is 3.34. The average molecular weight is 392 g/mol. The number of aromatic amines is 1. The van der Waals surface area contributed by atoms with E-state index in [0.717, 1.165) is 34.4 Å². The number of aryl methyl sites for hydroxylation is 1. The third kappa shape index (κ3) is 2.54. The number of hydrogen-bond acceptors (Lipinski definition) is 2. The molecule has 21 heavy (non-hydrogen) atoms. The van der Waals surface area contributed by atoms with Crippen LogP contribution in [0.2, 0.25) is 0 Å². The van der Waals surface area contributed by atoms with Crippen LogP contribution in [0.3, 0.4) is 0 Å². The molecule has 0 radical (unpaired) electrons. The second-order valence-electron chi connectivity index (χ2n) is 6.13. The SMILES string of the molecule is O=c1[nH]c(C2CCc3ccccc3C2)nc(C2CC2)c1I. The van der Waals surface area contributed by atoms with Crippen molar-refractivity contribution in [3.63, 3.8) is 0 Å². The molecule has 0 spiro atoms. The number of rotatable bonds is 2. The van der Waals surface area contributed by atoms with E-state index < -0.39 is 0 Å². The summed E-state index contributed by atoms with van der Waals surface area (Å²) < 4.78 is 0.787. The van der Waals surface area contributed by atoms with E-state index in [-0.39, 0.29) is 5.56 Å². The van der Waals surface area contributed by atoms with Crippen LogP contribution in [-0.4, -0.2) is 9.97 Å². The fourth-order valence-corrected chi connectivity index (χ4v) is 3.94. The molecule has 3 nitrogen and oxygen atoms in total. The first-order chi connectivity index (χ1) is 10.2. The second kappa shape index (κ2) is 5.23. The molecule has 1 aromatic heterocycles. The molecule has 1 fully saturated rings. The monoisotopic (exact) mass is 392 g/mol. The zero-order valence-electron chi connectivity index (χ0n) is 11.7. The van der Waals surface area contributed by atoms with E-state index >= 15 is 0 Å². The molecule has 1 atom stereocenters. The van der Waals surface area contributed by atoms with Gasteiger partial charge in [-0.3, -0.25) is 4.79 Å². The summed E-state index contributed by atoms with van der Waals surface area (Å²) in [5, 5.41) is 0. The smallest absolute Gasteiger partial charge is 0.264 e. The van der Waals surface area contributed by atoms with E-state index in [1.807, 2.05) is 0 Å². The van der Waals surface area contributed by atoms with Crippen molar-refractivity contribution in [1.82, 2.24) is 9.97 Å². The fraction of sp³-hybridized carbons (Fsp3) is 0.412. The molecule has 2 aliphatic carbocycles. The van der Waals surface area contributed by atoms with Crippen LogP contribution < -0.4 is 5.56 Å². The predicted octanol–water partition coefficient (Wildman–Crippen LogP) is 3.52. The van der Waals surface area contributed by atoms with Gasteiger partial charge in [-0.2, -0.15) is 0 Å². The standard InChI is InChI=1S/C17H17IN2O/c18-14-15(11-6-7-11)19-16(20-17(14)21)13-8-5-10-3-1-2-4-12(10)9-13/h1-4,11,13H,5-9H2,(H,19,20,21). The number of H-pyrrole nitrogens is 1. The number of halogens is 1. The summed E-state index contributed by atoms with van der Waals surface area (Å²) in [6.45, 7) is 0. The molecular formula is C17H17IN2O. The highest BCUT2D eigenvalue weighted by molar-refractivity contribution is 14.1. The molecule has 4 rings (SSSR count). The lowest BCUT2D eigenvalue weighted by atomic mass is 9.83. The van der Waals surface area contributed by atoms with E-state index in [9.17, 15) is 4.79 Å². The number of aromatic nitrogens is 2. The van der Waals surface area contributed by atoms with Crippen molar-refractivity contribution in [2.24, 2.45) is 0 Å². The van der Waals surface area contributed by atoms with Crippen LogP contribution in [0.5, 0.6) is 0 Å². The Kier molecular flexibility index (Phi) is 3.36. The van der Waals surface area contributed by atoms with Crippen molar-refractivity contribution in [3.8, 4) is 0 Å². The third-order valence-corrected chi connectivity index (χ3v) is 5.65. The molecule has 1 N–H and O–H groups in total. The second-order valence-corrected chi connectivity index (χ2v) is 7.21. The molecule has 1 unspecified atom stereocenters. The Labute approximate surface area is 137 Å². The maximum absolute atomic E-state index is 12.2. The van der Waals surface area contributed by atoms with Crippen LogP contribution >= 0.6 is 22.6 Å². The summed E-state index contributed by atoms with van der Waals surface area (Å²) in [6, 6.07) is 8.62. The highest BCUT2D eigenvalue weighted by Crippen LogP contribution is 2.41. The summed E-state index contributed by atoms with van der Waals surface area (Å²) in [5.41, 5.74) is 3.93. The lowest BCUT2D eigenvalue weighted by molar-refractivity contribution is 0.549. The molecule has 2 aliphatic rings. The van der Waals surface area contributed by atoms with Crippen molar-refractivity contribution >= 4 is 22.6 Å². The van der Waals surface area contributed by atoms with Gasteiger partial charge in [-0.1, -0.05) is 24.3 Å². The Morgan fingerprint density at radius 1 is 1.10 bits per heavy atom. The number of benzene rings is 1. The highest BCUT2D eigenvalue weighted by atomic mass is 127. The molecule has 2 aromatic rings. The van der Waals surface area contributed by atoms with Crippen LogP contribution in [0.15, 0.2) is 29.1 Å². The van der Waals surface area contributed by atoms with Crippen molar-refractivity contribution in [3.05, 3.63) is 60.8 Å². The van der Waals surface area contributed by atoms with Crippen LogP contribution in [0.4, 0.5) is 0 Å². The lowest BCUT2D eigenvalue weighted by Gasteiger charge is -2.24. The van der Waals surface area contributed by atoms with Gasteiger partial charge in [0.25, 0.3) is 5.56 Å². The Hall–Kier alpha value is -1.17. The van der Waals surface area contributed by atoms with Crippen LogP contribution in [0.1, 0.15) is 53.7 Å². The van der Waals surface area contributed by atoms with E-state index in [2.05, 4.69) is 51.8 Å². The highest BCUT2D eigenvalue weighted by Gasteiger charge is 2.30. The third-order valence-electron chi connectivity index (χ3n) is 4.60. The van der Waals surface area contributed by atoms with Gasteiger partial charge in [0, 0.05) is 11.8 Å². The van der Waals surface area contributed by atoms with Gasteiger partial charge in [-0.25, -0.2) is 4.98 Å². The number of nitrogens with zero attached hydrogens (tertiary/aromatic N) is 1. The normalized spacial score (nSPS) is 21.1. The molecular weight excluding hydrogens is 375 g/mol. The van der Waals surface area contributed by atoms with Crippen LogP contribution in [0.25, 0.3) is 0 Å². The zero-order chi connectivity index (χ0) is 14.4. The van der Waals surface area contributed by atoms with Gasteiger partial charge >= 0.3 is 0 Å². The van der Waals surface area contributed by atoms with Gasteiger partial charge in [-0.15, -0.1) is 0 Å². The van der Waals surface area contributed by atoms with Crippen LogP contribution in [0, 0.1) is 3.57 Å². The largest absolute Gasteiger partial charge is 0.309 e. The minimum absolute atomic E-state index is 0.0429. The fourth-order valence-electron chi connectivity index (χ4n) is 3.25. The van der Waals surface area contributed by atoms with E-state index in [4.69, 9.17) is 4.98 Å². The zero-order valence-corrected chi connectivity index (χ0v) is 13.9. The van der Waals surface area contributed by atoms with Gasteiger partial charge < -0.3 is 4.98 Å². The van der Waals surface area contributed by atoms with E-state index in [0.29, 0.717) is 11.8 Å². The Morgan fingerprint density at radius 3 is 2.62 bits per heavy atom. The topological polar surface area (TPSA) is 45.8 Å². The Balaban J connectivity index is 1.70. The first-order valence-corrected chi connectivity index (χ1v) is 8.66. The number of nitrogens with one attached hydrogen (secondary N) is 1. The lowest BCUT2D eigenvalue weighted by Crippen LogP contribution is -2.23. The molecule has 0 bridgehead atoms. The maximum atomic E-state index is 12.2. The van der Waals surface area contributed by atoms with Crippen molar-refractivity contribution in [2.75, 3.05) is 0 Å². The van der Waals surface area contributed by atoms with Gasteiger partial charge in [-0.05, 0) is 65.8 Å². The van der Waals surface area contributed by atoms with Crippen molar-refractivity contribution in [2.45, 2.75) is 43.9 Å². The summed E-state index contributed by atoms with van der Waals surface area (Å²) in [5.74, 6) is 1.77. The van der Waals surface area contributed by atoms with Crippen molar-refractivity contribution in [1.29, 1.82) is 0 Å². The summed E-state index contributed by atoms with van der Waals surface area (Å²) >= 11 is 2.14. The summed E-state index contributed by atoms with van der Waals surface area (Å²) in [4.78, 5) is 20.0. The predicted molar refractivity (Wildman–Crippen MR) is 90.8 cm³/mol. The van der Waals surface area contributed by atoms with Crippen molar-refractivity contribution < 1.29 is 0 Å². The first-order valence-electron chi connectivity index (χ1n) is 7.59.